The fourth-order valence-corrected chi connectivity index (χ4v) is 4.98. The van der Waals surface area contributed by atoms with Crippen LogP contribution in [0, 0.1) is 0 Å². The van der Waals surface area contributed by atoms with E-state index >= 15 is 0 Å². The van der Waals surface area contributed by atoms with Gasteiger partial charge in [0.05, 0.1) is 29.8 Å². The number of aromatic nitrogens is 5. The van der Waals surface area contributed by atoms with Gasteiger partial charge in [0.1, 0.15) is 5.82 Å². The molecule has 2 fully saturated rings. The Morgan fingerprint density at radius 1 is 1.10 bits per heavy atom. The third-order valence-electron chi connectivity index (χ3n) is 6.16. The summed E-state index contributed by atoms with van der Waals surface area (Å²) in [4.78, 5) is 18.1. The first-order valence-electron chi connectivity index (χ1n) is 11.0. The van der Waals surface area contributed by atoms with Crippen LogP contribution in [0.2, 0.25) is 5.28 Å². The smallest absolute Gasteiger partial charge is 0.226 e. The summed E-state index contributed by atoms with van der Waals surface area (Å²) in [5.74, 6) is 0.859. The van der Waals surface area contributed by atoms with Crippen LogP contribution in [0.4, 0.5) is 5.82 Å². The molecule has 0 amide bonds. The number of nitrogens with zero attached hydrogens (tertiary/aromatic N) is 7. The highest BCUT2D eigenvalue weighted by Gasteiger charge is 2.28. The minimum Gasteiger partial charge on any atom is -0.372 e. The van der Waals surface area contributed by atoms with Crippen LogP contribution >= 0.6 is 11.6 Å². The van der Waals surface area contributed by atoms with Crippen molar-refractivity contribution in [1.82, 2.24) is 29.6 Å². The predicted molar refractivity (Wildman–Crippen MR) is 120 cm³/mol. The van der Waals surface area contributed by atoms with E-state index in [1.165, 1.54) is 5.56 Å². The molecule has 9 heteroatoms. The average Bonchev–Trinajstić information content (AvgIpc) is 3.17. The first kappa shape index (κ1) is 20.6. The molecule has 3 aromatic heterocycles. The molecular formula is C22H28ClN7O. The van der Waals surface area contributed by atoms with Gasteiger partial charge in [0.15, 0.2) is 5.65 Å². The molecule has 31 heavy (non-hydrogen) atoms. The van der Waals surface area contributed by atoms with Crippen molar-refractivity contribution < 1.29 is 4.74 Å². The van der Waals surface area contributed by atoms with Crippen LogP contribution in [-0.4, -0.2) is 68.0 Å². The third-order valence-corrected chi connectivity index (χ3v) is 6.33. The van der Waals surface area contributed by atoms with Crippen molar-refractivity contribution in [2.24, 2.45) is 0 Å². The van der Waals surface area contributed by atoms with Crippen molar-refractivity contribution in [2.75, 3.05) is 31.1 Å². The summed E-state index contributed by atoms with van der Waals surface area (Å²) >= 11 is 6.36. The first-order valence-corrected chi connectivity index (χ1v) is 11.4. The van der Waals surface area contributed by atoms with Gasteiger partial charge in [-0.3, -0.25) is 9.88 Å². The van der Waals surface area contributed by atoms with Gasteiger partial charge >= 0.3 is 0 Å². The average molecular weight is 442 g/mol. The number of pyridine rings is 1. The van der Waals surface area contributed by atoms with Gasteiger partial charge in [-0.15, -0.1) is 0 Å². The molecule has 2 saturated heterocycles. The molecule has 0 bridgehead atoms. The lowest BCUT2D eigenvalue weighted by atomic mass is 10.0. The Morgan fingerprint density at radius 2 is 1.87 bits per heavy atom. The SMILES string of the molecule is C[C@@H]1CN(c2nc(Cl)nc3c2cnn3C2CCN(Cc3cccnc3)CC2)C[C@H](C)O1. The third kappa shape index (κ3) is 4.37. The predicted octanol–water partition coefficient (Wildman–Crippen LogP) is 3.33. The number of hydrogen-bond donors (Lipinski definition) is 0. The van der Waals surface area contributed by atoms with E-state index in [-0.39, 0.29) is 17.5 Å². The minimum absolute atomic E-state index is 0.145. The second-order valence-corrected chi connectivity index (χ2v) is 9.01. The lowest BCUT2D eigenvalue weighted by molar-refractivity contribution is -0.00537. The van der Waals surface area contributed by atoms with Crippen LogP contribution in [0.3, 0.4) is 0 Å². The fourth-order valence-electron chi connectivity index (χ4n) is 4.82. The van der Waals surface area contributed by atoms with Gasteiger partial charge in [-0.2, -0.15) is 15.1 Å². The van der Waals surface area contributed by atoms with Gasteiger partial charge in [0.25, 0.3) is 0 Å². The maximum atomic E-state index is 6.36. The van der Waals surface area contributed by atoms with E-state index in [4.69, 9.17) is 21.4 Å². The van der Waals surface area contributed by atoms with E-state index < -0.39 is 0 Å². The van der Waals surface area contributed by atoms with Crippen molar-refractivity contribution in [2.45, 2.75) is 51.5 Å². The summed E-state index contributed by atoms with van der Waals surface area (Å²) in [6, 6.07) is 4.44. The Labute approximate surface area is 187 Å². The molecule has 0 unspecified atom stereocenters. The number of ether oxygens (including phenoxy) is 1. The van der Waals surface area contributed by atoms with Crippen molar-refractivity contribution >= 4 is 28.5 Å². The number of likely N-dealkylation sites (tertiary alicyclic amines) is 1. The first-order chi connectivity index (χ1) is 15.1. The van der Waals surface area contributed by atoms with E-state index in [0.717, 1.165) is 62.4 Å². The van der Waals surface area contributed by atoms with Gasteiger partial charge in [-0.25, -0.2) is 4.68 Å². The molecule has 2 aliphatic heterocycles. The molecule has 0 spiro atoms. The largest absolute Gasteiger partial charge is 0.372 e. The summed E-state index contributed by atoms with van der Waals surface area (Å²) in [5, 5.41) is 5.96. The number of anilines is 1. The normalized spacial score (nSPS) is 23.5. The highest BCUT2D eigenvalue weighted by Crippen LogP contribution is 2.31. The van der Waals surface area contributed by atoms with Crippen LogP contribution in [0.25, 0.3) is 11.0 Å². The molecule has 5 heterocycles. The molecule has 2 aliphatic rings. The Bertz CT molecular complexity index is 1030. The molecule has 2 atom stereocenters. The molecule has 164 valence electrons. The minimum atomic E-state index is 0.145. The summed E-state index contributed by atoms with van der Waals surface area (Å²) in [5.41, 5.74) is 2.08. The van der Waals surface area contributed by atoms with Crippen LogP contribution in [0.5, 0.6) is 0 Å². The van der Waals surface area contributed by atoms with Crippen molar-refractivity contribution in [1.29, 1.82) is 0 Å². The van der Waals surface area contributed by atoms with E-state index in [0.29, 0.717) is 6.04 Å². The lowest BCUT2D eigenvalue weighted by Crippen LogP contribution is -2.46. The monoisotopic (exact) mass is 441 g/mol. The Kier molecular flexibility index (Phi) is 5.77. The second kappa shape index (κ2) is 8.68. The van der Waals surface area contributed by atoms with Gasteiger partial charge in [-0.05, 0) is 49.9 Å². The lowest BCUT2D eigenvalue weighted by Gasteiger charge is -2.36. The number of fused-ring (bicyclic) bond motifs is 1. The highest BCUT2D eigenvalue weighted by molar-refractivity contribution is 6.28. The van der Waals surface area contributed by atoms with Crippen LogP contribution in [0.15, 0.2) is 30.7 Å². The van der Waals surface area contributed by atoms with Crippen LogP contribution < -0.4 is 4.90 Å². The Morgan fingerprint density at radius 3 is 2.58 bits per heavy atom. The maximum Gasteiger partial charge on any atom is 0.226 e. The van der Waals surface area contributed by atoms with Crippen molar-refractivity contribution in [3.05, 3.63) is 41.6 Å². The number of morpholine rings is 1. The summed E-state index contributed by atoms with van der Waals surface area (Å²) < 4.78 is 7.94. The quantitative estimate of drug-likeness (QED) is 0.575. The Balaban J connectivity index is 1.35. The van der Waals surface area contributed by atoms with E-state index in [1.54, 1.807) is 0 Å². The maximum absolute atomic E-state index is 6.36. The van der Waals surface area contributed by atoms with Crippen molar-refractivity contribution in [3.63, 3.8) is 0 Å². The number of rotatable bonds is 4. The van der Waals surface area contributed by atoms with Gasteiger partial charge in [0, 0.05) is 45.1 Å². The number of halogens is 1. The number of piperidine rings is 1. The second-order valence-electron chi connectivity index (χ2n) is 8.67. The van der Waals surface area contributed by atoms with E-state index in [9.17, 15) is 0 Å². The summed E-state index contributed by atoms with van der Waals surface area (Å²) in [6.07, 6.45) is 8.00. The summed E-state index contributed by atoms with van der Waals surface area (Å²) in [7, 11) is 0. The van der Waals surface area contributed by atoms with E-state index in [1.807, 2.05) is 24.7 Å². The van der Waals surface area contributed by atoms with Gasteiger partial charge in [-0.1, -0.05) is 6.07 Å². The zero-order valence-electron chi connectivity index (χ0n) is 18.0. The molecule has 0 aromatic carbocycles. The molecule has 0 radical (unpaired) electrons. The Hall–Kier alpha value is -2.29. The molecule has 0 aliphatic carbocycles. The molecule has 5 rings (SSSR count). The molecule has 0 saturated carbocycles. The standard InChI is InChI=1S/C22H28ClN7O/c1-15-12-29(13-16(2)31-15)20-19-11-25-30(21(19)27-22(23)26-20)18-5-8-28(9-6-18)14-17-4-3-7-24-10-17/h3-4,7,10-11,15-16,18H,5-6,8-9,12-14H2,1-2H3/t15-,16+. The zero-order chi connectivity index (χ0) is 21.4. The van der Waals surface area contributed by atoms with Crippen LogP contribution in [0.1, 0.15) is 38.3 Å². The molecule has 8 nitrogen and oxygen atoms in total. The number of hydrogen-bond acceptors (Lipinski definition) is 7. The summed E-state index contributed by atoms with van der Waals surface area (Å²) in [6.45, 7) is 8.72. The zero-order valence-corrected chi connectivity index (χ0v) is 18.7. The van der Waals surface area contributed by atoms with Gasteiger partial charge in [0.2, 0.25) is 5.28 Å². The molecule has 0 N–H and O–H groups in total. The van der Waals surface area contributed by atoms with Gasteiger partial charge < -0.3 is 9.64 Å². The molecular weight excluding hydrogens is 414 g/mol. The fraction of sp³-hybridized carbons (Fsp3) is 0.545. The highest BCUT2D eigenvalue weighted by atomic mass is 35.5. The van der Waals surface area contributed by atoms with E-state index in [2.05, 4.69) is 49.3 Å². The molecule has 3 aromatic rings. The van der Waals surface area contributed by atoms with Crippen molar-refractivity contribution in [3.8, 4) is 0 Å². The van der Waals surface area contributed by atoms with Crippen LogP contribution in [-0.2, 0) is 11.3 Å². The topological polar surface area (TPSA) is 72.2 Å².